The van der Waals surface area contributed by atoms with Crippen molar-refractivity contribution in [2.45, 2.75) is 6.92 Å². The number of benzene rings is 2. The largest absolute Gasteiger partial charge is 0.507 e. The number of phenolic OH excluding ortho intramolecular Hbond substituents is 1. The third kappa shape index (κ3) is 2.78. The number of hydrogen-bond donors (Lipinski definition) is 1. The lowest BCUT2D eigenvalue weighted by Gasteiger charge is -2.05. The summed E-state index contributed by atoms with van der Waals surface area (Å²) in [6, 6.07) is 10.5. The molecule has 0 aliphatic rings. The maximum atomic E-state index is 11.3. The van der Waals surface area contributed by atoms with E-state index in [1.165, 1.54) is 18.2 Å². The summed E-state index contributed by atoms with van der Waals surface area (Å²) in [5, 5.41) is 20.4. The summed E-state index contributed by atoms with van der Waals surface area (Å²) >= 11 is 0. The van der Waals surface area contributed by atoms with Crippen molar-refractivity contribution in [1.82, 2.24) is 0 Å². The van der Waals surface area contributed by atoms with E-state index in [0.717, 1.165) is 10.8 Å². The van der Waals surface area contributed by atoms with Crippen molar-refractivity contribution in [3.8, 4) is 11.8 Å². The highest BCUT2D eigenvalue weighted by atomic mass is 16.5. The van der Waals surface area contributed by atoms with Gasteiger partial charge in [0.1, 0.15) is 5.75 Å². The first-order valence-electron chi connectivity index (χ1n) is 6.16. The standard InChI is InChI=1S/C16H13NO3/c1-2-20-16(19)8-6-14-13-5-3-11(10-17)9-12(13)4-7-15(14)18/h3-9,18H,2H2,1H3/b8-6+. The van der Waals surface area contributed by atoms with Crippen LogP contribution >= 0.6 is 0 Å². The normalized spacial score (nSPS) is 10.6. The Balaban J connectivity index is 2.49. The van der Waals surface area contributed by atoms with Crippen LogP contribution in [0.2, 0.25) is 0 Å². The highest BCUT2D eigenvalue weighted by Crippen LogP contribution is 2.29. The molecule has 0 bridgehead atoms. The molecule has 0 fully saturated rings. The van der Waals surface area contributed by atoms with E-state index in [4.69, 9.17) is 10.00 Å². The third-order valence-electron chi connectivity index (χ3n) is 2.84. The Kier molecular flexibility index (Phi) is 4.02. The van der Waals surface area contributed by atoms with Crippen LogP contribution in [0.25, 0.3) is 16.8 Å². The molecule has 20 heavy (non-hydrogen) atoms. The molecule has 0 saturated heterocycles. The van der Waals surface area contributed by atoms with Crippen LogP contribution in [-0.2, 0) is 9.53 Å². The van der Waals surface area contributed by atoms with E-state index in [9.17, 15) is 9.90 Å². The minimum absolute atomic E-state index is 0.0720. The van der Waals surface area contributed by atoms with Gasteiger partial charge >= 0.3 is 5.97 Å². The number of ether oxygens (including phenoxy) is 1. The third-order valence-corrected chi connectivity index (χ3v) is 2.84. The highest BCUT2D eigenvalue weighted by molar-refractivity contribution is 5.97. The molecule has 0 heterocycles. The number of nitrogens with zero attached hydrogens (tertiary/aromatic N) is 1. The molecule has 1 N–H and O–H groups in total. The Morgan fingerprint density at radius 1 is 1.40 bits per heavy atom. The molecule has 4 nitrogen and oxygen atoms in total. The molecule has 0 aromatic heterocycles. The van der Waals surface area contributed by atoms with Gasteiger partial charge in [-0.05, 0) is 42.0 Å². The van der Waals surface area contributed by atoms with Crippen molar-refractivity contribution < 1.29 is 14.6 Å². The number of phenols is 1. The van der Waals surface area contributed by atoms with E-state index in [0.29, 0.717) is 17.7 Å². The zero-order valence-electron chi connectivity index (χ0n) is 11.0. The molecular weight excluding hydrogens is 254 g/mol. The summed E-state index contributed by atoms with van der Waals surface area (Å²) in [6.07, 6.45) is 2.79. The van der Waals surface area contributed by atoms with Gasteiger partial charge in [0.05, 0.1) is 18.2 Å². The van der Waals surface area contributed by atoms with Gasteiger partial charge in [-0.25, -0.2) is 4.79 Å². The lowest BCUT2D eigenvalue weighted by atomic mass is 10.0. The van der Waals surface area contributed by atoms with Crippen LogP contribution in [0.1, 0.15) is 18.1 Å². The first-order chi connectivity index (χ1) is 9.65. The van der Waals surface area contributed by atoms with Gasteiger partial charge in [0, 0.05) is 11.6 Å². The molecule has 0 radical (unpaired) electrons. The molecule has 100 valence electrons. The number of nitriles is 1. The molecule has 2 aromatic carbocycles. The average molecular weight is 267 g/mol. The summed E-state index contributed by atoms with van der Waals surface area (Å²) in [4.78, 5) is 11.3. The van der Waals surface area contributed by atoms with Crippen molar-refractivity contribution in [2.75, 3.05) is 6.61 Å². The van der Waals surface area contributed by atoms with Crippen LogP contribution in [0.4, 0.5) is 0 Å². The number of carbonyl (C=O) groups is 1. The van der Waals surface area contributed by atoms with Crippen molar-refractivity contribution in [3.63, 3.8) is 0 Å². The molecule has 0 saturated carbocycles. The Morgan fingerprint density at radius 2 is 2.20 bits per heavy atom. The second kappa shape index (κ2) is 5.89. The van der Waals surface area contributed by atoms with Gasteiger partial charge in [0.25, 0.3) is 0 Å². The maximum absolute atomic E-state index is 11.3. The summed E-state index contributed by atoms with van der Waals surface area (Å²) < 4.78 is 4.80. The molecule has 0 aliphatic heterocycles. The lowest BCUT2D eigenvalue weighted by molar-refractivity contribution is -0.137. The number of esters is 1. The van der Waals surface area contributed by atoms with E-state index in [1.54, 1.807) is 31.2 Å². The molecule has 0 atom stereocenters. The SMILES string of the molecule is CCOC(=O)/C=C/c1c(O)ccc2cc(C#N)ccc12. The number of carbonyl (C=O) groups excluding carboxylic acids is 1. The highest BCUT2D eigenvalue weighted by Gasteiger charge is 2.06. The van der Waals surface area contributed by atoms with Crippen LogP contribution in [0.3, 0.4) is 0 Å². The Morgan fingerprint density at radius 3 is 2.90 bits per heavy atom. The fourth-order valence-corrected chi connectivity index (χ4v) is 1.93. The topological polar surface area (TPSA) is 70.3 Å². The Hall–Kier alpha value is -2.80. The Labute approximate surface area is 116 Å². The molecule has 2 rings (SSSR count). The van der Waals surface area contributed by atoms with E-state index in [1.807, 2.05) is 0 Å². The molecular formula is C16H13NO3. The van der Waals surface area contributed by atoms with E-state index >= 15 is 0 Å². The van der Waals surface area contributed by atoms with Crippen LogP contribution in [0, 0.1) is 11.3 Å². The molecule has 4 heteroatoms. The first-order valence-corrected chi connectivity index (χ1v) is 6.16. The summed E-state index contributed by atoms with van der Waals surface area (Å²) in [6.45, 7) is 2.03. The van der Waals surface area contributed by atoms with Crippen LogP contribution in [0.5, 0.6) is 5.75 Å². The molecule has 2 aromatic rings. The second-order valence-electron chi connectivity index (χ2n) is 4.13. The van der Waals surface area contributed by atoms with E-state index in [-0.39, 0.29) is 5.75 Å². The zero-order valence-corrected chi connectivity index (χ0v) is 11.0. The number of aromatic hydroxyl groups is 1. The minimum Gasteiger partial charge on any atom is -0.507 e. The van der Waals surface area contributed by atoms with Crippen LogP contribution in [0.15, 0.2) is 36.4 Å². The first kappa shape index (κ1) is 13.6. The number of fused-ring (bicyclic) bond motifs is 1. The van der Waals surface area contributed by atoms with Gasteiger partial charge in [0.2, 0.25) is 0 Å². The van der Waals surface area contributed by atoms with Crippen molar-refractivity contribution >= 4 is 22.8 Å². The number of rotatable bonds is 3. The number of hydrogen-bond acceptors (Lipinski definition) is 4. The van der Waals surface area contributed by atoms with Crippen molar-refractivity contribution in [2.24, 2.45) is 0 Å². The lowest BCUT2D eigenvalue weighted by Crippen LogP contribution is -1.98. The average Bonchev–Trinajstić information content (AvgIpc) is 2.46. The van der Waals surface area contributed by atoms with Crippen molar-refractivity contribution in [3.05, 3.63) is 47.5 Å². The van der Waals surface area contributed by atoms with Gasteiger partial charge in [0.15, 0.2) is 0 Å². The monoisotopic (exact) mass is 267 g/mol. The predicted octanol–water partition coefficient (Wildman–Crippen LogP) is 2.99. The summed E-state index contributed by atoms with van der Waals surface area (Å²) in [5.41, 5.74) is 1.07. The zero-order chi connectivity index (χ0) is 14.5. The van der Waals surface area contributed by atoms with E-state index < -0.39 is 5.97 Å². The molecule has 0 aliphatic carbocycles. The summed E-state index contributed by atoms with van der Waals surface area (Å²) in [7, 11) is 0. The van der Waals surface area contributed by atoms with Gasteiger partial charge in [-0.15, -0.1) is 0 Å². The maximum Gasteiger partial charge on any atom is 0.330 e. The smallest absolute Gasteiger partial charge is 0.330 e. The summed E-state index contributed by atoms with van der Waals surface area (Å²) in [5.74, 6) is -0.389. The minimum atomic E-state index is -0.461. The molecule has 0 spiro atoms. The fraction of sp³-hybridized carbons (Fsp3) is 0.125. The quantitative estimate of drug-likeness (QED) is 0.685. The fourth-order valence-electron chi connectivity index (χ4n) is 1.93. The Bertz CT molecular complexity index is 726. The van der Waals surface area contributed by atoms with Gasteiger partial charge < -0.3 is 9.84 Å². The van der Waals surface area contributed by atoms with Gasteiger partial charge in [-0.3, -0.25) is 0 Å². The predicted molar refractivity (Wildman–Crippen MR) is 76.0 cm³/mol. The van der Waals surface area contributed by atoms with Crippen LogP contribution in [-0.4, -0.2) is 17.7 Å². The van der Waals surface area contributed by atoms with Gasteiger partial charge in [-0.1, -0.05) is 12.1 Å². The van der Waals surface area contributed by atoms with Gasteiger partial charge in [-0.2, -0.15) is 5.26 Å². The molecule has 0 amide bonds. The second-order valence-corrected chi connectivity index (χ2v) is 4.13. The van der Waals surface area contributed by atoms with E-state index in [2.05, 4.69) is 6.07 Å². The van der Waals surface area contributed by atoms with Crippen LogP contribution < -0.4 is 0 Å². The van der Waals surface area contributed by atoms with Crippen molar-refractivity contribution in [1.29, 1.82) is 5.26 Å². The molecule has 0 unspecified atom stereocenters.